The molecule has 1 atom stereocenters. The van der Waals surface area contributed by atoms with Crippen LogP contribution in [0.5, 0.6) is 0 Å². The van der Waals surface area contributed by atoms with E-state index in [0.29, 0.717) is 12.0 Å². The second-order valence-corrected chi connectivity index (χ2v) is 4.47. The fraction of sp³-hybridized carbons (Fsp3) is 0.500. The van der Waals surface area contributed by atoms with E-state index in [1.807, 2.05) is 0 Å². The lowest BCUT2D eigenvalue weighted by Crippen LogP contribution is -2.21. The summed E-state index contributed by atoms with van der Waals surface area (Å²) in [6.07, 6.45) is 2.15. The third-order valence-electron chi connectivity index (χ3n) is 3.21. The van der Waals surface area contributed by atoms with Crippen molar-refractivity contribution in [2.24, 2.45) is 5.41 Å². The number of aliphatic hydroxyl groups excluding tert-OH is 1. The van der Waals surface area contributed by atoms with Crippen LogP contribution in [0, 0.1) is 11.2 Å². The summed E-state index contributed by atoms with van der Waals surface area (Å²) in [6.45, 7) is 2.05. The first-order valence-corrected chi connectivity index (χ1v) is 5.03. The maximum Gasteiger partial charge on any atom is 0.126 e. The zero-order chi connectivity index (χ0) is 10.2. The van der Waals surface area contributed by atoms with Gasteiger partial charge in [0.2, 0.25) is 0 Å². The Morgan fingerprint density at radius 3 is 2.64 bits per heavy atom. The first-order valence-electron chi connectivity index (χ1n) is 5.03. The van der Waals surface area contributed by atoms with Gasteiger partial charge in [-0.25, -0.2) is 4.39 Å². The van der Waals surface area contributed by atoms with Crippen molar-refractivity contribution in [3.05, 3.63) is 35.6 Å². The number of hydrogen-bond acceptors (Lipinski definition) is 1. The van der Waals surface area contributed by atoms with Crippen LogP contribution in [0.2, 0.25) is 0 Å². The monoisotopic (exact) mass is 194 g/mol. The van der Waals surface area contributed by atoms with Crippen LogP contribution in [0.25, 0.3) is 0 Å². The first-order chi connectivity index (χ1) is 6.62. The molecule has 1 aliphatic rings. The molecule has 0 aliphatic heterocycles. The third kappa shape index (κ3) is 1.80. The Bertz CT molecular complexity index is 331. The second kappa shape index (κ2) is 3.35. The molecule has 0 aromatic heterocycles. The number of aliphatic hydroxyl groups is 1. The summed E-state index contributed by atoms with van der Waals surface area (Å²) in [4.78, 5) is 0. The van der Waals surface area contributed by atoms with Crippen LogP contribution in [0.3, 0.4) is 0 Å². The highest BCUT2D eigenvalue weighted by Crippen LogP contribution is 2.48. The molecule has 1 aliphatic carbocycles. The van der Waals surface area contributed by atoms with E-state index in [1.54, 1.807) is 18.2 Å². The van der Waals surface area contributed by atoms with Gasteiger partial charge in [0.25, 0.3) is 0 Å². The summed E-state index contributed by atoms with van der Waals surface area (Å²) in [7, 11) is 0. The first kappa shape index (κ1) is 9.66. The Balaban J connectivity index is 2.07. The van der Waals surface area contributed by atoms with E-state index in [9.17, 15) is 9.50 Å². The minimum absolute atomic E-state index is 0.0439. The molecule has 1 saturated carbocycles. The van der Waals surface area contributed by atoms with Crippen molar-refractivity contribution in [1.29, 1.82) is 0 Å². The fourth-order valence-electron chi connectivity index (χ4n) is 1.65. The molecule has 2 rings (SSSR count). The molecule has 0 bridgehead atoms. The fourth-order valence-corrected chi connectivity index (χ4v) is 1.65. The molecule has 2 heteroatoms. The lowest BCUT2D eigenvalue weighted by molar-refractivity contribution is 0.102. The van der Waals surface area contributed by atoms with E-state index in [-0.39, 0.29) is 11.2 Å². The normalized spacial score (nSPS) is 20.5. The highest BCUT2D eigenvalue weighted by atomic mass is 19.1. The van der Waals surface area contributed by atoms with Gasteiger partial charge < -0.3 is 5.11 Å². The number of rotatable bonds is 3. The highest BCUT2D eigenvalue weighted by Gasteiger charge is 2.44. The molecule has 1 aromatic rings. The summed E-state index contributed by atoms with van der Waals surface area (Å²) >= 11 is 0. The smallest absolute Gasteiger partial charge is 0.126 e. The molecule has 1 aromatic carbocycles. The van der Waals surface area contributed by atoms with Crippen LogP contribution in [0.1, 0.15) is 25.3 Å². The minimum atomic E-state index is -0.403. The summed E-state index contributed by atoms with van der Waals surface area (Å²) in [5, 5.41) is 9.86. The molecule has 0 spiro atoms. The molecule has 0 saturated heterocycles. The maximum absolute atomic E-state index is 13.2. The van der Waals surface area contributed by atoms with Gasteiger partial charge in [-0.05, 0) is 29.9 Å². The predicted molar refractivity (Wildman–Crippen MR) is 53.5 cm³/mol. The van der Waals surface area contributed by atoms with E-state index in [1.165, 1.54) is 6.07 Å². The summed E-state index contributed by atoms with van der Waals surface area (Å²) < 4.78 is 13.2. The molecule has 1 unspecified atom stereocenters. The molecule has 76 valence electrons. The van der Waals surface area contributed by atoms with Crippen LogP contribution < -0.4 is 0 Å². The predicted octanol–water partition coefficient (Wildman–Crippen LogP) is 2.53. The van der Waals surface area contributed by atoms with Gasteiger partial charge >= 0.3 is 0 Å². The van der Waals surface area contributed by atoms with Gasteiger partial charge in [-0.15, -0.1) is 0 Å². The molecule has 1 fully saturated rings. The van der Waals surface area contributed by atoms with Gasteiger partial charge in [0, 0.05) is 6.42 Å². The van der Waals surface area contributed by atoms with Gasteiger partial charge in [0.05, 0.1) is 6.10 Å². The lowest BCUT2D eigenvalue weighted by Gasteiger charge is -2.17. The Morgan fingerprint density at radius 1 is 1.43 bits per heavy atom. The third-order valence-corrected chi connectivity index (χ3v) is 3.21. The van der Waals surface area contributed by atoms with E-state index in [2.05, 4.69) is 6.92 Å². The molecule has 14 heavy (non-hydrogen) atoms. The number of halogens is 1. The van der Waals surface area contributed by atoms with Crippen molar-refractivity contribution < 1.29 is 9.50 Å². The largest absolute Gasteiger partial charge is 0.392 e. The van der Waals surface area contributed by atoms with Crippen molar-refractivity contribution in [2.75, 3.05) is 0 Å². The Hall–Kier alpha value is -0.890. The molecular weight excluding hydrogens is 179 g/mol. The SMILES string of the molecule is CC1(C(O)Cc2ccccc2F)CC1. The van der Waals surface area contributed by atoms with Crippen LogP contribution in [-0.2, 0) is 6.42 Å². The highest BCUT2D eigenvalue weighted by molar-refractivity contribution is 5.19. The maximum atomic E-state index is 13.2. The van der Waals surface area contributed by atoms with E-state index in [4.69, 9.17) is 0 Å². The average molecular weight is 194 g/mol. The Kier molecular flexibility index (Phi) is 2.31. The van der Waals surface area contributed by atoms with Gasteiger partial charge in [-0.3, -0.25) is 0 Å². The van der Waals surface area contributed by atoms with Gasteiger partial charge in [0.15, 0.2) is 0 Å². The molecule has 0 amide bonds. The van der Waals surface area contributed by atoms with E-state index < -0.39 is 6.10 Å². The van der Waals surface area contributed by atoms with Crippen LogP contribution in [0.15, 0.2) is 24.3 Å². The van der Waals surface area contributed by atoms with Gasteiger partial charge in [0.1, 0.15) is 5.82 Å². The quantitative estimate of drug-likeness (QED) is 0.784. The molecule has 1 N–H and O–H groups in total. The Labute approximate surface area is 83.6 Å². The van der Waals surface area contributed by atoms with Gasteiger partial charge in [-0.2, -0.15) is 0 Å². The number of benzene rings is 1. The zero-order valence-corrected chi connectivity index (χ0v) is 8.33. The van der Waals surface area contributed by atoms with E-state index in [0.717, 1.165) is 12.8 Å². The average Bonchev–Trinajstić information content (AvgIpc) is 2.89. The molecular formula is C12H15FO. The second-order valence-electron chi connectivity index (χ2n) is 4.47. The van der Waals surface area contributed by atoms with Crippen molar-refractivity contribution >= 4 is 0 Å². The van der Waals surface area contributed by atoms with E-state index >= 15 is 0 Å². The topological polar surface area (TPSA) is 20.2 Å². The van der Waals surface area contributed by atoms with Crippen molar-refractivity contribution in [2.45, 2.75) is 32.3 Å². The van der Waals surface area contributed by atoms with Crippen LogP contribution in [0.4, 0.5) is 4.39 Å². The van der Waals surface area contributed by atoms with Crippen molar-refractivity contribution in [3.8, 4) is 0 Å². The molecule has 0 heterocycles. The van der Waals surface area contributed by atoms with Crippen LogP contribution >= 0.6 is 0 Å². The zero-order valence-electron chi connectivity index (χ0n) is 8.33. The Morgan fingerprint density at radius 2 is 2.07 bits per heavy atom. The van der Waals surface area contributed by atoms with Crippen molar-refractivity contribution in [1.82, 2.24) is 0 Å². The van der Waals surface area contributed by atoms with Crippen LogP contribution in [-0.4, -0.2) is 11.2 Å². The summed E-state index contributed by atoms with van der Waals surface area (Å²) in [5.74, 6) is -0.212. The lowest BCUT2D eigenvalue weighted by atomic mass is 9.95. The standard InChI is InChI=1S/C12H15FO/c1-12(6-7-12)11(14)8-9-4-2-3-5-10(9)13/h2-5,11,14H,6-8H2,1H3. The summed E-state index contributed by atoms with van der Waals surface area (Å²) in [5.41, 5.74) is 0.663. The van der Waals surface area contributed by atoms with Crippen molar-refractivity contribution in [3.63, 3.8) is 0 Å². The molecule has 0 radical (unpaired) electrons. The summed E-state index contributed by atoms with van der Waals surface area (Å²) in [6, 6.07) is 6.66. The van der Waals surface area contributed by atoms with Gasteiger partial charge in [-0.1, -0.05) is 25.1 Å². The molecule has 1 nitrogen and oxygen atoms in total. The minimum Gasteiger partial charge on any atom is -0.392 e. The number of hydrogen-bond donors (Lipinski definition) is 1.